The lowest BCUT2D eigenvalue weighted by Gasteiger charge is -2.08. The SMILES string of the molecule is CCOc1ccc(C(=O)Nc2ccc3nc(NC(=O)c4ccco4)sc3c2)cc1[N+](=O)[O-]. The Morgan fingerprint density at radius 2 is 2.00 bits per heavy atom. The Morgan fingerprint density at radius 1 is 1.16 bits per heavy atom. The molecule has 0 aliphatic heterocycles. The number of hydrogen-bond donors (Lipinski definition) is 2. The molecule has 162 valence electrons. The quantitative estimate of drug-likeness (QED) is 0.306. The number of nitro groups is 1. The van der Waals surface area contributed by atoms with Crippen LogP contribution >= 0.6 is 11.3 Å². The third-order valence-corrected chi connectivity index (χ3v) is 5.26. The first-order valence-corrected chi connectivity index (χ1v) is 10.2. The van der Waals surface area contributed by atoms with Gasteiger partial charge in [0.15, 0.2) is 16.6 Å². The van der Waals surface area contributed by atoms with Crippen molar-refractivity contribution in [2.24, 2.45) is 0 Å². The minimum Gasteiger partial charge on any atom is -0.487 e. The van der Waals surface area contributed by atoms with Crippen molar-refractivity contribution in [1.82, 2.24) is 4.98 Å². The second-order valence-electron chi connectivity index (χ2n) is 6.46. The number of rotatable bonds is 7. The summed E-state index contributed by atoms with van der Waals surface area (Å²) >= 11 is 1.23. The summed E-state index contributed by atoms with van der Waals surface area (Å²) in [5.74, 6) is -0.656. The van der Waals surface area contributed by atoms with Gasteiger partial charge in [0.2, 0.25) is 0 Å². The molecule has 0 atom stereocenters. The summed E-state index contributed by atoms with van der Waals surface area (Å²) in [6.45, 7) is 1.99. The molecular formula is C21H16N4O6S. The van der Waals surface area contributed by atoms with Crippen LogP contribution in [-0.4, -0.2) is 28.3 Å². The van der Waals surface area contributed by atoms with Gasteiger partial charge in [0, 0.05) is 17.3 Å². The van der Waals surface area contributed by atoms with Gasteiger partial charge in [-0.05, 0) is 49.4 Å². The Labute approximate surface area is 185 Å². The van der Waals surface area contributed by atoms with Crippen LogP contribution in [0.2, 0.25) is 0 Å². The van der Waals surface area contributed by atoms with E-state index in [2.05, 4.69) is 15.6 Å². The summed E-state index contributed by atoms with van der Waals surface area (Å²) in [5.41, 5.74) is 0.955. The van der Waals surface area contributed by atoms with Crippen LogP contribution in [0.5, 0.6) is 5.75 Å². The van der Waals surface area contributed by atoms with Crippen molar-refractivity contribution in [1.29, 1.82) is 0 Å². The number of aromatic nitrogens is 1. The Kier molecular flexibility index (Phi) is 5.81. The maximum Gasteiger partial charge on any atom is 0.311 e. The molecule has 2 aromatic carbocycles. The molecule has 0 saturated heterocycles. The minimum atomic E-state index is -0.594. The normalized spacial score (nSPS) is 10.7. The Morgan fingerprint density at radius 3 is 2.72 bits per heavy atom. The average molecular weight is 452 g/mol. The standard InChI is InChI=1S/C21H16N4O6S/c1-2-30-16-8-5-12(10-15(16)25(28)29)19(26)22-13-6-7-14-18(11-13)32-21(23-14)24-20(27)17-4-3-9-31-17/h3-11H,2H2,1H3,(H,22,26)(H,23,24,27). The van der Waals surface area contributed by atoms with E-state index >= 15 is 0 Å². The van der Waals surface area contributed by atoms with Gasteiger partial charge in [-0.1, -0.05) is 11.3 Å². The molecule has 2 N–H and O–H groups in total. The molecule has 0 aliphatic carbocycles. The van der Waals surface area contributed by atoms with Crippen LogP contribution in [0, 0.1) is 10.1 Å². The van der Waals surface area contributed by atoms with E-state index in [0.29, 0.717) is 16.3 Å². The van der Waals surface area contributed by atoms with Gasteiger partial charge >= 0.3 is 5.69 Å². The fourth-order valence-corrected chi connectivity index (χ4v) is 3.80. The molecule has 0 radical (unpaired) electrons. The summed E-state index contributed by atoms with van der Waals surface area (Å²) < 4.78 is 11.0. The van der Waals surface area contributed by atoms with Crippen molar-refractivity contribution in [3.63, 3.8) is 0 Å². The number of carbonyl (C=O) groups is 2. The first-order chi connectivity index (χ1) is 15.4. The lowest BCUT2D eigenvalue weighted by Crippen LogP contribution is -2.12. The molecule has 2 aromatic heterocycles. The van der Waals surface area contributed by atoms with Crippen molar-refractivity contribution in [3.05, 3.63) is 76.2 Å². The van der Waals surface area contributed by atoms with E-state index < -0.39 is 16.7 Å². The number of nitrogens with zero attached hydrogens (tertiary/aromatic N) is 2. The Balaban J connectivity index is 1.51. The molecule has 0 saturated carbocycles. The molecule has 0 fully saturated rings. The number of carbonyl (C=O) groups excluding carboxylic acids is 2. The van der Waals surface area contributed by atoms with Crippen molar-refractivity contribution < 1.29 is 23.7 Å². The van der Waals surface area contributed by atoms with Crippen LogP contribution in [0.4, 0.5) is 16.5 Å². The third kappa shape index (κ3) is 4.42. The van der Waals surface area contributed by atoms with Gasteiger partial charge in [-0.3, -0.25) is 25.0 Å². The largest absolute Gasteiger partial charge is 0.487 e. The summed E-state index contributed by atoms with van der Waals surface area (Å²) in [5, 5.41) is 17.0. The first-order valence-electron chi connectivity index (χ1n) is 9.42. The molecule has 0 unspecified atom stereocenters. The van der Waals surface area contributed by atoms with Gasteiger partial charge in [-0.25, -0.2) is 4.98 Å². The van der Waals surface area contributed by atoms with Gasteiger partial charge in [0.1, 0.15) is 0 Å². The monoisotopic (exact) mass is 452 g/mol. The summed E-state index contributed by atoms with van der Waals surface area (Å²) in [4.78, 5) is 39.8. The highest BCUT2D eigenvalue weighted by Crippen LogP contribution is 2.30. The Hall–Kier alpha value is -4.25. The molecule has 4 rings (SSSR count). The maximum atomic E-state index is 12.6. The van der Waals surface area contributed by atoms with Crippen LogP contribution in [0.15, 0.2) is 59.2 Å². The number of nitrogens with one attached hydrogen (secondary N) is 2. The lowest BCUT2D eigenvalue weighted by molar-refractivity contribution is -0.385. The van der Waals surface area contributed by atoms with Gasteiger partial charge < -0.3 is 14.5 Å². The molecule has 2 heterocycles. The minimum absolute atomic E-state index is 0.101. The number of fused-ring (bicyclic) bond motifs is 1. The smallest absolute Gasteiger partial charge is 0.311 e. The van der Waals surface area contributed by atoms with Crippen LogP contribution in [0.1, 0.15) is 27.8 Å². The second kappa shape index (κ2) is 8.86. The summed E-state index contributed by atoms with van der Waals surface area (Å²) in [7, 11) is 0. The molecule has 0 spiro atoms. The predicted molar refractivity (Wildman–Crippen MR) is 118 cm³/mol. The van der Waals surface area contributed by atoms with Gasteiger partial charge in [0.25, 0.3) is 11.8 Å². The fourth-order valence-electron chi connectivity index (χ4n) is 2.90. The molecule has 11 heteroatoms. The highest BCUT2D eigenvalue weighted by molar-refractivity contribution is 7.22. The maximum absolute atomic E-state index is 12.6. The van der Waals surface area contributed by atoms with E-state index in [0.717, 1.165) is 4.70 Å². The molecule has 0 aliphatic rings. The van der Waals surface area contributed by atoms with Crippen molar-refractivity contribution in [3.8, 4) is 5.75 Å². The number of furan rings is 1. The van der Waals surface area contributed by atoms with Crippen LogP contribution in [0.3, 0.4) is 0 Å². The number of hydrogen-bond acceptors (Lipinski definition) is 8. The molecule has 32 heavy (non-hydrogen) atoms. The van der Waals surface area contributed by atoms with Gasteiger partial charge in [-0.2, -0.15) is 0 Å². The summed E-state index contributed by atoms with van der Waals surface area (Å²) in [6.07, 6.45) is 1.40. The topological polar surface area (TPSA) is 137 Å². The molecule has 0 bridgehead atoms. The zero-order chi connectivity index (χ0) is 22.7. The van der Waals surface area contributed by atoms with E-state index in [1.165, 1.54) is 35.8 Å². The van der Waals surface area contributed by atoms with E-state index in [1.807, 2.05) is 0 Å². The van der Waals surface area contributed by atoms with E-state index in [4.69, 9.17) is 9.15 Å². The zero-order valence-electron chi connectivity index (χ0n) is 16.7. The second-order valence-corrected chi connectivity index (χ2v) is 7.49. The van der Waals surface area contributed by atoms with E-state index in [9.17, 15) is 19.7 Å². The zero-order valence-corrected chi connectivity index (χ0v) is 17.5. The molecule has 2 amide bonds. The summed E-state index contributed by atoms with van der Waals surface area (Å²) in [6, 6.07) is 12.2. The molecular weight excluding hydrogens is 436 g/mol. The average Bonchev–Trinajstić information content (AvgIpc) is 3.43. The van der Waals surface area contributed by atoms with Crippen LogP contribution in [0.25, 0.3) is 10.2 Å². The van der Waals surface area contributed by atoms with Gasteiger partial charge in [0.05, 0.1) is 28.0 Å². The van der Waals surface area contributed by atoms with Crippen molar-refractivity contribution >= 4 is 49.9 Å². The number of amides is 2. The third-order valence-electron chi connectivity index (χ3n) is 4.33. The van der Waals surface area contributed by atoms with Crippen LogP contribution in [-0.2, 0) is 0 Å². The number of thiazole rings is 1. The van der Waals surface area contributed by atoms with Gasteiger partial charge in [-0.15, -0.1) is 0 Å². The fraction of sp³-hybridized carbons (Fsp3) is 0.0952. The number of anilines is 2. The van der Waals surface area contributed by atoms with Crippen molar-refractivity contribution in [2.75, 3.05) is 17.2 Å². The number of benzene rings is 2. The van der Waals surface area contributed by atoms with E-state index in [-0.39, 0.29) is 29.4 Å². The highest BCUT2D eigenvalue weighted by Gasteiger charge is 2.19. The molecule has 10 nitrogen and oxygen atoms in total. The lowest BCUT2D eigenvalue weighted by atomic mass is 10.1. The first kappa shape index (κ1) is 21.0. The highest BCUT2D eigenvalue weighted by atomic mass is 32.1. The van der Waals surface area contributed by atoms with Crippen molar-refractivity contribution in [2.45, 2.75) is 6.92 Å². The van der Waals surface area contributed by atoms with Crippen LogP contribution < -0.4 is 15.4 Å². The number of ether oxygens (including phenoxy) is 1. The Bertz CT molecular complexity index is 1320. The molecule has 4 aromatic rings. The van der Waals surface area contributed by atoms with E-state index in [1.54, 1.807) is 37.3 Å². The predicted octanol–water partition coefficient (Wildman–Crippen LogP) is 4.70. The number of nitro benzene ring substituents is 1.